The zero-order valence-corrected chi connectivity index (χ0v) is 13.3. The summed E-state index contributed by atoms with van der Waals surface area (Å²) in [5.74, 6) is 0. The molecule has 1 aliphatic heterocycles. The van der Waals surface area contributed by atoms with Crippen LogP contribution in [0.15, 0.2) is 18.5 Å². The molecular formula is C17H21N5O. The molecule has 0 atom stereocenters. The lowest BCUT2D eigenvalue weighted by molar-refractivity contribution is -0.0821. The Kier molecular flexibility index (Phi) is 2.74. The van der Waals surface area contributed by atoms with Gasteiger partial charge in [0.1, 0.15) is 5.60 Å². The van der Waals surface area contributed by atoms with Crippen molar-refractivity contribution in [1.82, 2.24) is 20.2 Å². The molecule has 2 fully saturated rings. The molecule has 0 unspecified atom stereocenters. The molecule has 3 aliphatic rings. The lowest BCUT2D eigenvalue weighted by Gasteiger charge is -2.33. The fraction of sp³-hybridized carbons (Fsp3) is 0.529. The molecule has 0 saturated heterocycles. The Morgan fingerprint density at radius 3 is 2.91 bits per heavy atom. The van der Waals surface area contributed by atoms with Crippen molar-refractivity contribution in [3.05, 3.63) is 24.0 Å². The fourth-order valence-corrected chi connectivity index (χ4v) is 3.43. The van der Waals surface area contributed by atoms with E-state index in [4.69, 9.17) is 4.84 Å². The van der Waals surface area contributed by atoms with Gasteiger partial charge in [-0.3, -0.25) is 10.3 Å². The van der Waals surface area contributed by atoms with Crippen LogP contribution in [0.4, 0.5) is 5.69 Å². The van der Waals surface area contributed by atoms with E-state index >= 15 is 0 Å². The van der Waals surface area contributed by atoms with Gasteiger partial charge in [-0.1, -0.05) is 0 Å². The average molecular weight is 311 g/mol. The first-order valence-corrected chi connectivity index (χ1v) is 8.56. The third-order valence-corrected chi connectivity index (χ3v) is 5.15. The standard InChI is InChI=1S/C17H21N5O/c1-2-22-16-13(10-19-22)15(20-11-4-5-11)12(9-18-16)14-8-17(23-21-14)6-3-7-17/h8-11,21H,2-7H2,1H3,(H,18,20). The minimum Gasteiger partial charge on any atom is -0.381 e. The van der Waals surface area contributed by atoms with Gasteiger partial charge in [0, 0.05) is 24.3 Å². The minimum atomic E-state index is -0.0886. The number of pyridine rings is 1. The van der Waals surface area contributed by atoms with E-state index in [0.29, 0.717) is 6.04 Å². The summed E-state index contributed by atoms with van der Waals surface area (Å²) in [6, 6.07) is 0.574. The van der Waals surface area contributed by atoms with Crippen LogP contribution in [0.25, 0.3) is 16.7 Å². The average Bonchev–Trinajstić information content (AvgIpc) is 3.08. The van der Waals surface area contributed by atoms with Gasteiger partial charge in [0.05, 0.1) is 23.0 Å². The van der Waals surface area contributed by atoms with Crippen LogP contribution in [-0.2, 0) is 11.4 Å². The molecule has 5 rings (SSSR count). The number of nitrogens with one attached hydrogen (secondary N) is 2. The highest BCUT2D eigenvalue weighted by Crippen LogP contribution is 2.43. The van der Waals surface area contributed by atoms with Crippen LogP contribution in [0.5, 0.6) is 0 Å². The number of hydrogen-bond donors (Lipinski definition) is 2. The smallest absolute Gasteiger partial charge is 0.159 e. The Balaban J connectivity index is 1.63. The summed E-state index contributed by atoms with van der Waals surface area (Å²) in [6.45, 7) is 2.91. The molecule has 1 spiro atoms. The molecule has 120 valence electrons. The summed E-state index contributed by atoms with van der Waals surface area (Å²) in [6.07, 6.45) is 12.0. The molecular weight excluding hydrogens is 290 g/mol. The first-order chi connectivity index (χ1) is 11.3. The third kappa shape index (κ3) is 2.05. The third-order valence-electron chi connectivity index (χ3n) is 5.15. The van der Waals surface area contributed by atoms with Gasteiger partial charge in [0.15, 0.2) is 5.65 Å². The van der Waals surface area contributed by atoms with Crippen molar-refractivity contribution in [1.29, 1.82) is 0 Å². The number of aryl methyl sites for hydroxylation is 1. The van der Waals surface area contributed by atoms with Gasteiger partial charge in [0.25, 0.3) is 0 Å². The van der Waals surface area contributed by atoms with Crippen LogP contribution in [0.3, 0.4) is 0 Å². The monoisotopic (exact) mass is 311 g/mol. The van der Waals surface area contributed by atoms with Crippen LogP contribution in [0.2, 0.25) is 0 Å². The molecule has 0 amide bonds. The largest absolute Gasteiger partial charge is 0.381 e. The van der Waals surface area contributed by atoms with Gasteiger partial charge in [0.2, 0.25) is 0 Å². The van der Waals surface area contributed by atoms with E-state index in [9.17, 15) is 0 Å². The number of anilines is 1. The first-order valence-electron chi connectivity index (χ1n) is 8.56. The second kappa shape index (κ2) is 4.71. The van der Waals surface area contributed by atoms with Gasteiger partial charge in [-0.25, -0.2) is 9.67 Å². The Labute approximate surface area is 134 Å². The van der Waals surface area contributed by atoms with E-state index in [1.54, 1.807) is 0 Å². The lowest BCUT2D eigenvalue weighted by Crippen LogP contribution is -2.36. The maximum atomic E-state index is 5.84. The topological polar surface area (TPSA) is 64.0 Å². The summed E-state index contributed by atoms with van der Waals surface area (Å²) >= 11 is 0. The van der Waals surface area contributed by atoms with Gasteiger partial charge >= 0.3 is 0 Å². The van der Waals surface area contributed by atoms with E-state index in [1.807, 2.05) is 17.1 Å². The maximum absolute atomic E-state index is 5.84. The molecule has 2 saturated carbocycles. The highest BCUT2D eigenvalue weighted by Gasteiger charge is 2.41. The van der Waals surface area contributed by atoms with Crippen molar-refractivity contribution in [3.63, 3.8) is 0 Å². The molecule has 3 heterocycles. The minimum absolute atomic E-state index is 0.0886. The van der Waals surface area contributed by atoms with Gasteiger partial charge in [-0.15, -0.1) is 0 Å². The molecule has 2 N–H and O–H groups in total. The van der Waals surface area contributed by atoms with Crippen molar-refractivity contribution in [3.8, 4) is 0 Å². The molecule has 0 radical (unpaired) electrons. The van der Waals surface area contributed by atoms with Crippen LogP contribution in [0, 0.1) is 0 Å². The number of aromatic nitrogens is 3. The Morgan fingerprint density at radius 1 is 1.39 bits per heavy atom. The van der Waals surface area contributed by atoms with Crippen molar-refractivity contribution in [2.24, 2.45) is 0 Å². The summed E-state index contributed by atoms with van der Waals surface area (Å²) in [5, 5.41) is 9.24. The van der Waals surface area contributed by atoms with Crippen LogP contribution in [0.1, 0.15) is 44.6 Å². The number of hydrogen-bond acceptors (Lipinski definition) is 5. The van der Waals surface area contributed by atoms with Crippen molar-refractivity contribution in [2.45, 2.75) is 57.2 Å². The van der Waals surface area contributed by atoms with Crippen LogP contribution >= 0.6 is 0 Å². The molecule has 2 aliphatic carbocycles. The summed E-state index contributed by atoms with van der Waals surface area (Å²) in [5.41, 5.74) is 7.25. The molecule has 6 nitrogen and oxygen atoms in total. The number of hydroxylamine groups is 1. The second-order valence-electron chi connectivity index (χ2n) is 6.84. The maximum Gasteiger partial charge on any atom is 0.159 e. The zero-order chi connectivity index (χ0) is 15.4. The highest BCUT2D eigenvalue weighted by molar-refractivity contribution is 5.96. The Hall–Kier alpha value is -2.08. The van der Waals surface area contributed by atoms with E-state index in [0.717, 1.165) is 47.4 Å². The van der Waals surface area contributed by atoms with Crippen LogP contribution < -0.4 is 10.8 Å². The number of fused-ring (bicyclic) bond motifs is 1. The van der Waals surface area contributed by atoms with Crippen LogP contribution in [-0.4, -0.2) is 26.4 Å². The Morgan fingerprint density at radius 2 is 2.26 bits per heavy atom. The van der Waals surface area contributed by atoms with E-state index in [1.165, 1.54) is 19.3 Å². The summed E-state index contributed by atoms with van der Waals surface area (Å²) in [7, 11) is 0. The number of nitrogens with zero attached hydrogens (tertiary/aromatic N) is 3. The quantitative estimate of drug-likeness (QED) is 0.909. The highest BCUT2D eigenvalue weighted by atomic mass is 16.7. The summed E-state index contributed by atoms with van der Waals surface area (Å²) in [4.78, 5) is 10.5. The lowest BCUT2D eigenvalue weighted by atomic mass is 9.80. The van der Waals surface area contributed by atoms with E-state index in [2.05, 4.69) is 33.9 Å². The van der Waals surface area contributed by atoms with E-state index < -0.39 is 0 Å². The molecule has 23 heavy (non-hydrogen) atoms. The van der Waals surface area contributed by atoms with Gasteiger partial charge in [-0.05, 0) is 45.1 Å². The molecule has 2 aromatic heterocycles. The van der Waals surface area contributed by atoms with Crippen molar-refractivity contribution < 1.29 is 4.84 Å². The SMILES string of the molecule is CCn1ncc2c(NC3CC3)c(C3=CC4(CCC4)ON3)cnc21. The first kappa shape index (κ1) is 13.4. The predicted octanol–water partition coefficient (Wildman–Crippen LogP) is 2.82. The van der Waals surface area contributed by atoms with Gasteiger partial charge < -0.3 is 5.32 Å². The van der Waals surface area contributed by atoms with Gasteiger partial charge in [-0.2, -0.15) is 5.10 Å². The van der Waals surface area contributed by atoms with Crippen molar-refractivity contribution in [2.75, 3.05) is 5.32 Å². The summed E-state index contributed by atoms with van der Waals surface area (Å²) < 4.78 is 1.94. The van der Waals surface area contributed by atoms with Crippen molar-refractivity contribution >= 4 is 22.4 Å². The second-order valence-corrected chi connectivity index (χ2v) is 6.84. The molecule has 0 bridgehead atoms. The molecule has 2 aromatic rings. The Bertz CT molecular complexity index is 801. The zero-order valence-electron chi connectivity index (χ0n) is 13.3. The number of rotatable bonds is 4. The normalized spacial score (nSPS) is 22.0. The predicted molar refractivity (Wildman–Crippen MR) is 88.6 cm³/mol. The van der Waals surface area contributed by atoms with E-state index in [-0.39, 0.29) is 5.60 Å². The molecule has 0 aromatic carbocycles. The fourth-order valence-electron chi connectivity index (χ4n) is 3.43. The molecule has 6 heteroatoms.